The number of anilines is 1. The summed E-state index contributed by atoms with van der Waals surface area (Å²) in [5.41, 5.74) is 1.46. The van der Waals surface area contributed by atoms with E-state index in [1.165, 1.54) is 0 Å². The number of likely N-dealkylation sites (N-methyl/N-ethyl adjacent to an activating group) is 2. The molecule has 0 aliphatic carbocycles. The molecule has 0 amide bonds. The molecule has 16 heavy (non-hydrogen) atoms. The maximum atomic E-state index is 9.10. The minimum absolute atomic E-state index is 0.670. The summed E-state index contributed by atoms with van der Waals surface area (Å²) < 4.78 is 1.77. The Balaban J connectivity index is 2.91. The zero-order valence-corrected chi connectivity index (χ0v) is 10.7. The van der Waals surface area contributed by atoms with Gasteiger partial charge in [0, 0.05) is 27.2 Å². The Bertz CT molecular complexity index is 399. The van der Waals surface area contributed by atoms with E-state index in [1.54, 1.807) is 4.68 Å². The van der Waals surface area contributed by atoms with E-state index in [4.69, 9.17) is 5.26 Å². The molecule has 0 saturated carbocycles. The van der Waals surface area contributed by atoms with Gasteiger partial charge in [0.2, 0.25) is 0 Å². The van der Waals surface area contributed by atoms with Crippen LogP contribution >= 0.6 is 0 Å². The average Bonchev–Trinajstić information content (AvgIpc) is 2.49. The van der Waals surface area contributed by atoms with E-state index in [0.29, 0.717) is 5.56 Å². The molecule has 0 saturated heterocycles. The van der Waals surface area contributed by atoms with Crippen LogP contribution in [0.1, 0.15) is 11.3 Å². The van der Waals surface area contributed by atoms with Crippen LogP contribution in [0.3, 0.4) is 0 Å². The number of hydrogen-bond donors (Lipinski definition) is 0. The molecular weight excluding hydrogens is 202 g/mol. The molecule has 0 atom stereocenters. The Morgan fingerprint density at radius 2 is 1.94 bits per heavy atom. The summed E-state index contributed by atoms with van der Waals surface area (Å²) in [6.07, 6.45) is 0. The molecule has 0 N–H and O–H groups in total. The van der Waals surface area contributed by atoms with Gasteiger partial charge < -0.3 is 9.80 Å². The number of aryl methyl sites for hydroxylation is 2. The molecule has 0 spiro atoms. The molecule has 0 bridgehead atoms. The predicted octanol–water partition coefficient (Wildman–Crippen LogP) is 0.598. The lowest BCUT2D eigenvalue weighted by atomic mass is 10.2. The third kappa shape index (κ3) is 2.52. The first-order valence-corrected chi connectivity index (χ1v) is 5.27. The van der Waals surface area contributed by atoms with E-state index in [2.05, 4.69) is 21.0 Å². The van der Waals surface area contributed by atoms with Gasteiger partial charge in [-0.3, -0.25) is 4.68 Å². The van der Waals surface area contributed by atoms with E-state index in [-0.39, 0.29) is 0 Å². The fraction of sp³-hybridized carbons (Fsp3) is 0.636. The van der Waals surface area contributed by atoms with Gasteiger partial charge in [0.15, 0.2) is 0 Å². The lowest BCUT2D eigenvalue weighted by molar-refractivity contribution is 0.415. The van der Waals surface area contributed by atoms with Gasteiger partial charge in [-0.1, -0.05) is 0 Å². The first kappa shape index (κ1) is 12.5. The summed E-state index contributed by atoms with van der Waals surface area (Å²) in [6.45, 7) is 3.69. The van der Waals surface area contributed by atoms with Crippen LogP contribution in [0.2, 0.25) is 0 Å². The Kier molecular flexibility index (Phi) is 3.91. The highest BCUT2D eigenvalue weighted by atomic mass is 15.4. The van der Waals surface area contributed by atoms with E-state index >= 15 is 0 Å². The van der Waals surface area contributed by atoms with Crippen LogP contribution in [0.5, 0.6) is 0 Å². The van der Waals surface area contributed by atoms with E-state index in [9.17, 15) is 0 Å². The molecule has 0 aliphatic heterocycles. The molecule has 1 aromatic heterocycles. The third-order valence-electron chi connectivity index (χ3n) is 2.55. The van der Waals surface area contributed by atoms with Crippen molar-refractivity contribution in [1.82, 2.24) is 14.7 Å². The quantitative estimate of drug-likeness (QED) is 0.747. The fourth-order valence-electron chi connectivity index (χ4n) is 1.67. The van der Waals surface area contributed by atoms with Gasteiger partial charge >= 0.3 is 0 Å². The Hall–Kier alpha value is -1.54. The number of nitrogens with zero attached hydrogens (tertiary/aromatic N) is 5. The largest absolute Gasteiger partial charge is 0.358 e. The lowest BCUT2D eigenvalue weighted by Gasteiger charge is -2.21. The van der Waals surface area contributed by atoms with Gasteiger partial charge in [0.1, 0.15) is 17.5 Å². The summed E-state index contributed by atoms with van der Waals surface area (Å²) in [5.74, 6) is 0.891. The second-order valence-electron chi connectivity index (χ2n) is 4.24. The van der Waals surface area contributed by atoms with Crippen molar-refractivity contribution in [3.63, 3.8) is 0 Å². The third-order valence-corrected chi connectivity index (χ3v) is 2.55. The summed E-state index contributed by atoms with van der Waals surface area (Å²) in [5, 5.41) is 13.4. The number of rotatable bonds is 4. The van der Waals surface area contributed by atoms with Crippen molar-refractivity contribution in [3.05, 3.63) is 11.3 Å². The highest BCUT2D eigenvalue weighted by Crippen LogP contribution is 2.20. The van der Waals surface area contributed by atoms with Gasteiger partial charge in [-0.15, -0.1) is 0 Å². The molecule has 0 fully saturated rings. The average molecular weight is 221 g/mol. The summed E-state index contributed by atoms with van der Waals surface area (Å²) >= 11 is 0. The van der Waals surface area contributed by atoms with Crippen molar-refractivity contribution < 1.29 is 0 Å². The molecule has 5 nitrogen and oxygen atoms in total. The maximum Gasteiger partial charge on any atom is 0.144 e. The lowest BCUT2D eigenvalue weighted by Crippen LogP contribution is -2.30. The van der Waals surface area contributed by atoms with E-state index < -0.39 is 0 Å². The second kappa shape index (κ2) is 4.99. The van der Waals surface area contributed by atoms with Gasteiger partial charge in [-0.25, -0.2) is 0 Å². The first-order valence-electron chi connectivity index (χ1n) is 5.27. The van der Waals surface area contributed by atoms with Crippen molar-refractivity contribution in [2.45, 2.75) is 6.92 Å². The van der Waals surface area contributed by atoms with Crippen LogP contribution in [0, 0.1) is 18.3 Å². The standard InChI is InChI=1S/C11H19N5/c1-9-10(8-12)11(16(5)13-9)15(4)7-6-14(2)3/h6-7H2,1-5H3. The molecule has 1 aromatic rings. The number of hydrogen-bond acceptors (Lipinski definition) is 4. The second-order valence-corrected chi connectivity index (χ2v) is 4.24. The molecule has 1 rings (SSSR count). The van der Waals surface area contributed by atoms with Crippen LogP contribution in [0.4, 0.5) is 5.82 Å². The summed E-state index contributed by atoms with van der Waals surface area (Å²) in [6, 6.07) is 2.21. The van der Waals surface area contributed by atoms with Crippen LogP contribution in [0.15, 0.2) is 0 Å². The van der Waals surface area contributed by atoms with Crippen molar-refractivity contribution in [3.8, 4) is 6.07 Å². The predicted molar refractivity (Wildman–Crippen MR) is 64.5 cm³/mol. The highest BCUT2D eigenvalue weighted by molar-refractivity contribution is 5.56. The van der Waals surface area contributed by atoms with Crippen molar-refractivity contribution in [2.24, 2.45) is 7.05 Å². The van der Waals surface area contributed by atoms with Gasteiger partial charge in [-0.05, 0) is 21.0 Å². The summed E-state index contributed by atoms with van der Waals surface area (Å²) in [7, 11) is 7.93. The van der Waals surface area contributed by atoms with E-state index in [0.717, 1.165) is 24.6 Å². The van der Waals surface area contributed by atoms with Crippen molar-refractivity contribution in [1.29, 1.82) is 5.26 Å². The minimum Gasteiger partial charge on any atom is -0.358 e. The molecule has 0 unspecified atom stereocenters. The molecule has 0 aliphatic rings. The molecule has 5 heteroatoms. The number of aromatic nitrogens is 2. The number of nitriles is 1. The molecule has 88 valence electrons. The SMILES string of the molecule is Cc1nn(C)c(N(C)CCN(C)C)c1C#N. The van der Waals surface area contributed by atoms with Crippen LogP contribution in [-0.2, 0) is 7.05 Å². The molecule has 1 heterocycles. The van der Waals surface area contributed by atoms with E-state index in [1.807, 2.05) is 35.1 Å². The normalized spacial score (nSPS) is 10.6. The molecule has 0 radical (unpaired) electrons. The van der Waals surface area contributed by atoms with Crippen molar-refractivity contribution >= 4 is 5.82 Å². The van der Waals surface area contributed by atoms with Crippen LogP contribution in [-0.4, -0.2) is 48.9 Å². The maximum absolute atomic E-state index is 9.10. The first-order chi connectivity index (χ1) is 7.47. The van der Waals surface area contributed by atoms with Gasteiger partial charge in [0.25, 0.3) is 0 Å². The van der Waals surface area contributed by atoms with Gasteiger partial charge in [-0.2, -0.15) is 10.4 Å². The smallest absolute Gasteiger partial charge is 0.144 e. The molecule has 0 aromatic carbocycles. The van der Waals surface area contributed by atoms with Crippen molar-refractivity contribution in [2.75, 3.05) is 39.1 Å². The van der Waals surface area contributed by atoms with Crippen LogP contribution < -0.4 is 4.90 Å². The zero-order chi connectivity index (χ0) is 12.3. The Morgan fingerprint density at radius 3 is 2.44 bits per heavy atom. The van der Waals surface area contributed by atoms with Gasteiger partial charge in [0.05, 0.1) is 5.69 Å². The Labute approximate surface area is 96.9 Å². The fourth-order valence-corrected chi connectivity index (χ4v) is 1.67. The molecular formula is C11H19N5. The summed E-state index contributed by atoms with van der Waals surface area (Å²) in [4.78, 5) is 4.18. The monoisotopic (exact) mass is 221 g/mol. The highest BCUT2D eigenvalue weighted by Gasteiger charge is 2.16. The topological polar surface area (TPSA) is 48.1 Å². The minimum atomic E-state index is 0.670. The zero-order valence-electron chi connectivity index (χ0n) is 10.7. The Morgan fingerprint density at radius 1 is 1.31 bits per heavy atom. The van der Waals surface area contributed by atoms with Crippen LogP contribution in [0.25, 0.3) is 0 Å².